The lowest BCUT2D eigenvalue weighted by atomic mass is 10.1. The van der Waals surface area contributed by atoms with Crippen molar-refractivity contribution >= 4 is 17.7 Å². The number of hydrogen-bond acceptors (Lipinski definition) is 3. The molecule has 0 heterocycles. The summed E-state index contributed by atoms with van der Waals surface area (Å²) in [6.07, 6.45) is 7.48. The van der Waals surface area contributed by atoms with E-state index in [4.69, 9.17) is 5.73 Å². The Morgan fingerprint density at radius 3 is 2.56 bits per heavy atom. The van der Waals surface area contributed by atoms with Crippen molar-refractivity contribution in [3.8, 4) is 0 Å². The summed E-state index contributed by atoms with van der Waals surface area (Å²) in [6, 6.07) is 0.420. The molecule has 0 saturated heterocycles. The highest BCUT2D eigenvalue weighted by Crippen LogP contribution is 2.17. The third-order valence-electron chi connectivity index (χ3n) is 3.05. The number of thioether (sulfide) groups is 1. The van der Waals surface area contributed by atoms with E-state index in [1.54, 1.807) is 11.8 Å². The van der Waals surface area contributed by atoms with Gasteiger partial charge in [0.1, 0.15) is 0 Å². The van der Waals surface area contributed by atoms with Crippen molar-refractivity contribution in [1.29, 1.82) is 0 Å². The molecule has 16 heavy (non-hydrogen) atoms. The van der Waals surface area contributed by atoms with Gasteiger partial charge in [0.05, 0.1) is 5.75 Å². The van der Waals surface area contributed by atoms with E-state index >= 15 is 0 Å². The second-order valence-corrected chi connectivity index (χ2v) is 6.04. The van der Waals surface area contributed by atoms with Crippen molar-refractivity contribution in [2.45, 2.75) is 56.7 Å². The first-order valence-electron chi connectivity index (χ1n) is 6.33. The number of rotatable bonds is 5. The van der Waals surface area contributed by atoms with Gasteiger partial charge in [0.25, 0.3) is 0 Å². The van der Waals surface area contributed by atoms with E-state index in [2.05, 4.69) is 12.2 Å². The number of nitrogens with one attached hydrogen (secondary N) is 1. The first kappa shape index (κ1) is 13.8. The molecule has 0 aliphatic heterocycles. The van der Waals surface area contributed by atoms with Crippen molar-refractivity contribution in [3.05, 3.63) is 0 Å². The molecule has 94 valence electrons. The first-order valence-corrected chi connectivity index (χ1v) is 7.38. The summed E-state index contributed by atoms with van der Waals surface area (Å²) < 4.78 is 0. The maximum Gasteiger partial charge on any atom is 0.230 e. The molecule has 0 aromatic rings. The quantitative estimate of drug-likeness (QED) is 0.726. The molecule has 1 amide bonds. The van der Waals surface area contributed by atoms with E-state index in [-0.39, 0.29) is 5.91 Å². The lowest BCUT2D eigenvalue weighted by Gasteiger charge is -2.16. The van der Waals surface area contributed by atoms with Crippen molar-refractivity contribution in [2.24, 2.45) is 5.73 Å². The predicted octanol–water partition coefficient (Wildman–Crippen LogP) is 1.91. The van der Waals surface area contributed by atoms with Gasteiger partial charge in [-0.25, -0.2) is 0 Å². The summed E-state index contributed by atoms with van der Waals surface area (Å²) in [6.45, 7) is 2.70. The van der Waals surface area contributed by atoms with Gasteiger partial charge < -0.3 is 11.1 Å². The Hall–Kier alpha value is -0.220. The van der Waals surface area contributed by atoms with Crippen LogP contribution in [0.1, 0.15) is 45.4 Å². The molecular formula is C12H24N2OS. The second-order valence-electron chi connectivity index (χ2n) is 4.61. The van der Waals surface area contributed by atoms with E-state index in [9.17, 15) is 4.79 Å². The van der Waals surface area contributed by atoms with Gasteiger partial charge in [-0.15, -0.1) is 11.8 Å². The topological polar surface area (TPSA) is 55.1 Å². The summed E-state index contributed by atoms with van der Waals surface area (Å²) in [4.78, 5) is 11.7. The van der Waals surface area contributed by atoms with E-state index in [1.165, 1.54) is 25.7 Å². The van der Waals surface area contributed by atoms with Crippen LogP contribution in [0.25, 0.3) is 0 Å². The van der Waals surface area contributed by atoms with Crippen LogP contribution < -0.4 is 11.1 Å². The van der Waals surface area contributed by atoms with Gasteiger partial charge in [0.2, 0.25) is 5.91 Å². The lowest BCUT2D eigenvalue weighted by molar-refractivity contribution is -0.119. The normalized spacial score (nSPS) is 20.1. The molecule has 1 aliphatic rings. The van der Waals surface area contributed by atoms with Crippen molar-refractivity contribution in [3.63, 3.8) is 0 Å². The molecule has 0 radical (unpaired) electrons. The molecule has 1 fully saturated rings. The third kappa shape index (κ3) is 5.75. The Kier molecular flexibility index (Phi) is 6.88. The Labute approximate surface area is 103 Å². The van der Waals surface area contributed by atoms with Crippen LogP contribution >= 0.6 is 11.8 Å². The van der Waals surface area contributed by atoms with Crippen LogP contribution in [0.4, 0.5) is 0 Å². The molecule has 0 spiro atoms. The maximum atomic E-state index is 11.7. The highest BCUT2D eigenvalue weighted by Gasteiger charge is 2.14. The zero-order valence-corrected chi connectivity index (χ0v) is 11.0. The molecule has 1 saturated carbocycles. The summed E-state index contributed by atoms with van der Waals surface area (Å²) >= 11 is 1.64. The number of carbonyl (C=O) groups is 1. The molecule has 3 nitrogen and oxygen atoms in total. The van der Waals surface area contributed by atoms with Crippen LogP contribution in [-0.2, 0) is 4.79 Å². The first-order chi connectivity index (χ1) is 7.72. The van der Waals surface area contributed by atoms with E-state index in [0.717, 1.165) is 12.8 Å². The zero-order chi connectivity index (χ0) is 11.8. The number of carbonyl (C=O) groups excluding carboxylic acids is 1. The summed E-state index contributed by atoms with van der Waals surface area (Å²) in [7, 11) is 0. The average Bonchev–Trinajstić information content (AvgIpc) is 2.54. The number of hydrogen-bond donors (Lipinski definition) is 2. The maximum absolute atomic E-state index is 11.7. The molecule has 4 heteroatoms. The van der Waals surface area contributed by atoms with Crippen LogP contribution in [0, 0.1) is 0 Å². The van der Waals surface area contributed by atoms with Crippen LogP contribution in [0.5, 0.6) is 0 Å². The fourth-order valence-corrected chi connectivity index (χ4v) is 2.63. The van der Waals surface area contributed by atoms with Crippen LogP contribution in [-0.4, -0.2) is 29.5 Å². The standard InChI is InChI=1S/C12H24N2OS/c1-10(8-13)16-9-12(15)14-11-6-4-2-3-5-7-11/h10-11H,2-9,13H2,1H3,(H,14,15). The summed E-state index contributed by atoms with van der Waals surface area (Å²) in [5.74, 6) is 0.728. The molecule has 1 rings (SSSR count). The molecule has 0 aromatic carbocycles. The minimum absolute atomic E-state index is 0.178. The Morgan fingerprint density at radius 2 is 2.00 bits per heavy atom. The van der Waals surface area contributed by atoms with Gasteiger partial charge in [-0.1, -0.05) is 32.6 Å². The molecular weight excluding hydrogens is 220 g/mol. The summed E-state index contributed by atoms with van der Waals surface area (Å²) in [5.41, 5.74) is 5.51. The van der Waals surface area contributed by atoms with Gasteiger partial charge in [-0.05, 0) is 12.8 Å². The third-order valence-corrected chi connectivity index (χ3v) is 4.24. The Balaban J connectivity index is 2.16. The van der Waals surface area contributed by atoms with Gasteiger partial charge in [0, 0.05) is 17.8 Å². The van der Waals surface area contributed by atoms with Gasteiger partial charge >= 0.3 is 0 Å². The second kappa shape index (κ2) is 7.96. The van der Waals surface area contributed by atoms with Gasteiger partial charge in [-0.3, -0.25) is 4.79 Å². The van der Waals surface area contributed by atoms with E-state index < -0.39 is 0 Å². The van der Waals surface area contributed by atoms with Crippen LogP contribution in [0.3, 0.4) is 0 Å². The molecule has 0 aromatic heterocycles. The average molecular weight is 244 g/mol. The van der Waals surface area contributed by atoms with Crippen LogP contribution in [0.2, 0.25) is 0 Å². The van der Waals surface area contributed by atoms with Crippen LogP contribution in [0.15, 0.2) is 0 Å². The molecule has 1 unspecified atom stereocenters. The zero-order valence-electron chi connectivity index (χ0n) is 10.2. The highest BCUT2D eigenvalue weighted by molar-refractivity contribution is 8.00. The lowest BCUT2D eigenvalue weighted by Crippen LogP contribution is -2.36. The smallest absolute Gasteiger partial charge is 0.230 e. The molecule has 1 atom stereocenters. The van der Waals surface area contributed by atoms with E-state index in [0.29, 0.717) is 23.6 Å². The van der Waals surface area contributed by atoms with Gasteiger partial charge in [-0.2, -0.15) is 0 Å². The fraction of sp³-hybridized carbons (Fsp3) is 0.917. The number of amides is 1. The van der Waals surface area contributed by atoms with Gasteiger partial charge in [0.15, 0.2) is 0 Å². The molecule has 1 aliphatic carbocycles. The number of nitrogens with two attached hydrogens (primary N) is 1. The van der Waals surface area contributed by atoms with Crippen molar-refractivity contribution in [1.82, 2.24) is 5.32 Å². The fourth-order valence-electron chi connectivity index (χ4n) is 1.98. The Bertz CT molecular complexity index is 203. The van der Waals surface area contributed by atoms with Crippen molar-refractivity contribution < 1.29 is 4.79 Å². The largest absolute Gasteiger partial charge is 0.353 e. The predicted molar refractivity (Wildman–Crippen MR) is 70.6 cm³/mol. The Morgan fingerprint density at radius 1 is 1.38 bits per heavy atom. The van der Waals surface area contributed by atoms with Crippen molar-refractivity contribution in [2.75, 3.05) is 12.3 Å². The monoisotopic (exact) mass is 244 g/mol. The molecule has 3 N–H and O–H groups in total. The highest BCUT2D eigenvalue weighted by atomic mass is 32.2. The minimum Gasteiger partial charge on any atom is -0.353 e. The SMILES string of the molecule is CC(CN)SCC(=O)NC1CCCCCC1. The minimum atomic E-state index is 0.178. The van der Waals surface area contributed by atoms with E-state index in [1.807, 2.05) is 0 Å². The molecule has 0 bridgehead atoms. The summed E-state index contributed by atoms with van der Waals surface area (Å²) in [5, 5.41) is 3.51.